The normalized spacial score (nSPS) is 12.7. The maximum Gasteiger partial charge on any atom is 0.175 e. The van der Waals surface area contributed by atoms with Gasteiger partial charge >= 0.3 is 0 Å². The summed E-state index contributed by atoms with van der Waals surface area (Å²) in [5.41, 5.74) is 1.62. The number of hydrogen-bond donors (Lipinski definition) is 0. The minimum absolute atomic E-state index is 0.403. The van der Waals surface area contributed by atoms with Crippen LogP contribution in [0.25, 0.3) is 0 Å². The lowest BCUT2D eigenvalue weighted by Crippen LogP contribution is -2.04. The van der Waals surface area contributed by atoms with Crippen molar-refractivity contribution in [1.82, 2.24) is 0 Å². The van der Waals surface area contributed by atoms with Gasteiger partial charge in [0.15, 0.2) is 9.84 Å². The molecular formula is C15H24O2S. The molecule has 0 bridgehead atoms. The Labute approximate surface area is 111 Å². The van der Waals surface area contributed by atoms with Crippen molar-refractivity contribution in [3.8, 4) is 0 Å². The Bertz CT molecular complexity index is 464. The van der Waals surface area contributed by atoms with Crippen LogP contribution >= 0.6 is 0 Å². The molecule has 0 spiro atoms. The van der Waals surface area contributed by atoms with Crippen molar-refractivity contribution >= 4 is 9.84 Å². The van der Waals surface area contributed by atoms with E-state index in [4.69, 9.17) is 0 Å². The van der Waals surface area contributed by atoms with E-state index in [2.05, 4.69) is 20.8 Å². The first-order valence-electron chi connectivity index (χ1n) is 6.47. The minimum Gasteiger partial charge on any atom is -0.224 e. The molecule has 1 rings (SSSR count). The molecule has 0 N–H and O–H groups in total. The molecule has 3 heteroatoms. The van der Waals surface area contributed by atoms with Crippen LogP contribution in [-0.4, -0.2) is 14.7 Å². The zero-order valence-electron chi connectivity index (χ0n) is 11.9. The van der Waals surface area contributed by atoms with Gasteiger partial charge in [0.05, 0.1) is 4.90 Å². The quantitative estimate of drug-likeness (QED) is 0.760. The van der Waals surface area contributed by atoms with Crippen LogP contribution in [0, 0.1) is 5.41 Å². The maximum absolute atomic E-state index is 11.3. The Morgan fingerprint density at radius 3 is 2.00 bits per heavy atom. The van der Waals surface area contributed by atoms with E-state index in [1.807, 2.05) is 12.1 Å². The van der Waals surface area contributed by atoms with Crippen LogP contribution in [-0.2, 0) is 16.3 Å². The van der Waals surface area contributed by atoms with Crippen molar-refractivity contribution in [3.05, 3.63) is 29.8 Å². The molecule has 0 fully saturated rings. The summed E-state index contributed by atoms with van der Waals surface area (Å²) >= 11 is 0. The van der Waals surface area contributed by atoms with E-state index in [0.717, 1.165) is 12.8 Å². The topological polar surface area (TPSA) is 34.1 Å². The van der Waals surface area contributed by atoms with Gasteiger partial charge in [-0.05, 0) is 42.4 Å². The Kier molecular flexibility index (Phi) is 4.97. The van der Waals surface area contributed by atoms with Crippen LogP contribution in [0.15, 0.2) is 29.2 Å². The fourth-order valence-electron chi connectivity index (χ4n) is 1.89. The highest BCUT2D eigenvalue weighted by Gasteiger charge is 2.09. The van der Waals surface area contributed by atoms with E-state index in [1.54, 1.807) is 12.1 Å². The molecule has 18 heavy (non-hydrogen) atoms. The molecule has 1 aromatic rings. The van der Waals surface area contributed by atoms with Crippen LogP contribution in [0.4, 0.5) is 0 Å². The van der Waals surface area contributed by atoms with Crippen molar-refractivity contribution in [3.63, 3.8) is 0 Å². The lowest BCUT2D eigenvalue weighted by atomic mass is 9.89. The lowest BCUT2D eigenvalue weighted by molar-refractivity contribution is 0.360. The van der Waals surface area contributed by atoms with Gasteiger partial charge < -0.3 is 0 Å². The molecule has 0 saturated heterocycles. The predicted molar refractivity (Wildman–Crippen MR) is 76.6 cm³/mol. The van der Waals surface area contributed by atoms with E-state index in [0.29, 0.717) is 10.3 Å². The third-order valence-electron chi connectivity index (χ3n) is 2.99. The van der Waals surface area contributed by atoms with Gasteiger partial charge in [-0.1, -0.05) is 39.3 Å². The van der Waals surface area contributed by atoms with Gasteiger partial charge in [-0.2, -0.15) is 0 Å². The lowest BCUT2D eigenvalue weighted by Gasteiger charge is -2.17. The molecule has 0 unspecified atom stereocenters. The summed E-state index contributed by atoms with van der Waals surface area (Å²) in [5.74, 6) is 0. The molecule has 0 aliphatic rings. The third kappa shape index (κ3) is 5.67. The molecule has 0 radical (unpaired) electrons. The molecule has 0 saturated carbocycles. The highest BCUT2D eigenvalue weighted by atomic mass is 32.2. The standard InChI is InChI=1S/C15H24O2S/c1-15(2,3)12-6-5-7-13-8-10-14(11-9-13)18(4,16)17/h8-11H,5-7,12H2,1-4H3. The molecule has 0 atom stereocenters. The number of benzene rings is 1. The molecule has 2 nitrogen and oxygen atoms in total. The Morgan fingerprint density at radius 2 is 1.56 bits per heavy atom. The summed E-state index contributed by atoms with van der Waals surface area (Å²) in [7, 11) is -3.06. The molecule has 0 aliphatic heterocycles. The van der Waals surface area contributed by atoms with E-state index in [-0.39, 0.29) is 0 Å². The van der Waals surface area contributed by atoms with Crippen molar-refractivity contribution in [2.24, 2.45) is 5.41 Å². The largest absolute Gasteiger partial charge is 0.224 e. The van der Waals surface area contributed by atoms with Crippen molar-refractivity contribution in [2.45, 2.75) is 51.3 Å². The summed E-state index contributed by atoms with van der Waals surface area (Å²) in [5, 5.41) is 0. The molecule has 0 amide bonds. The van der Waals surface area contributed by atoms with Gasteiger partial charge in [0.2, 0.25) is 0 Å². The second-order valence-corrected chi connectivity index (χ2v) is 8.20. The first-order chi connectivity index (χ1) is 8.18. The summed E-state index contributed by atoms with van der Waals surface area (Å²) < 4.78 is 22.6. The van der Waals surface area contributed by atoms with E-state index < -0.39 is 9.84 Å². The monoisotopic (exact) mass is 268 g/mol. The zero-order chi connectivity index (χ0) is 13.8. The number of aryl methyl sites for hydroxylation is 1. The number of rotatable bonds is 5. The van der Waals surface area contributed by atoms with Gasteiger partial charge in [-0.25, -0.2) is 8.42 Å². The smallest absolute Gasteiger partial charge is 0.175 e. The molecule has 0 heterocycles. The Hall–Kier alpha value is -0.830. The van der Waals surface area contributed by atoms with Gasteiger partial charge in [0.1, 0.15) is 0 Å². The number of unbranched alkanes of at least 4 members (excludes halogenated alkanes) is 1. The molecule has 0 aliphatic carbocycles. The predicted octanol–water partition coefficient (Wildman–Crippen LogP) is 3.85. The highest BCUT2D eigenvalue weighted by Crippen LogP contribution is 2.22. The summed E-state index contributed by atoms with van der Waals surface area (Å²) in [4.78, 5) is 0.404. The van der Waals surface area contributed by atoms with Crippen LogP contribution in [0.3, 0.4) is 0 Å². The molecular weight excluding hydrogens is 244 g/mol. The van der Waals surface area contributed by atoms with Gasteiger partial charge in [0, 0.05) is 6.26 Å². The van der Waals surface area contributed by atoms with Gasteiger partial charge in [-0.15, -0.1) is 0 Å². The summed E-state index contributed by atoms with van der Waals surface area (Å²) in [6, 6.07) is 7.25. The third-order valence-corrected chi connectivity index (χ3v) is 4.12. The zero-order valence-corrected chi connectivity index (χ0v) is 12.7. The second kappa shape index (κ2) is 5.87. The van der Waals surface area contributed by atoms with Crippen LogP contribution < -0.4 is 0 Å². The molecule has 1 aromatic carbocycles. The van der Waals surface area contributed by atoms with Crippen LogP contribution in [0.5, 0.6) is 0 Å². The van der Waals surface area contributed by atoms with E-state index in [9.17, 15) is 8.42 Å². The fraction of sp³-hybridized carbons (Fsp3) is 0.600. The van der Waals surface area contributed by atoms with Crippen molar-refractivity contribution in [2.75, 3.05) is 6.26 Å². The fourth-order valence-corrected chi connectivity index (χ4v) is 2.52. The average molecular weight is 268 g/mol. The Morgan fingerprint density at radius 1 is 1.00 bits per heavy atom. The summed E-state index contributed by atoms with van der Waals surface area (Å²) in [6.07, 6.45) is 5.88. The molecule has 102 valence electrons. The number of hydrogen-bond acceptors (Lipinski definition) is 2. The first-order valence-corrected chi connectivity index (χ1v) is 8.37. The van der Waals surface area contributed by atoms with Crippen molar-refractivity contribution in [1.29, 1.82) is 0 Å². The Balaban J connectivity index is 2.45. The van der Waals surface area contributed by atoms with Crippen LogP contribution in [0.1, 0.15) is 45.6 Å². The second-order valence-electron chi connectivity index (χ2n) is 6.18. The van der Waals surface area contributed by atoms with Crippen LogP contribution in [0.2, 0.25) is 0 Å². The van der Waals surface area contributed by atoms with Crippen molar-refractivity contribution < 1.29 is 8.42 Å². The van der Waals surface area contributed by atoms with Gasteiger partial charge in [0.25, 0.3) is 0 Å². The number of sulfone groups is 1. The SMILES string of the molecule is CC(C)(C)CCCCc1ccc(S(C)(=O)=O)cc1. The minimum atomic E-state index is -3.06. The van der Waals surface area contributed by atoms with Gasteiger partial charge in [-0.3, -0.25) is 0 Å². The van der Waals surface area contributed by atoms with E-state index in [1.165, 1.54) is 24.7 Å². The molecule has 0 aromatic heterocycles. The first kappa shape index (κ1) is 15.2. The van der Waals surface area contributed by atoms with E-state index >= 15 is 0 Å². The summed E-state index contributed by atoms with van der Waals surface area (Å²) in [6.45, 7) is 6.77. The highest BCUT2D eigenvalue weighted by molar-refractivity contribution is 7.90. The average Bonchev–Trinajstić information content (AvgIpc) is 2.22. The maximum atomic E-state index is 11.3.